The highest BCUT2D eigenvalue weighted by atomic mass is 32.1. The first-order valence-electron chi connectivity index (χ1n) is 6.38. The van der Waals surface area contributed by atoms with Crippen LogP contribution in [-0.2, 0) is 16.0 Å². The number of hydrogen-bond acceptors (Lipinski definition) is 6. The molecule has 1 N–H and O–H groups in total. The van der Waals surface area contributed by atoms with Crippen molar-refractivity contribution in [1.82, 2.24) is 15.0 Å². The smallest absolute Gasteiger partial charge is 0.305 e. The van der Waals surface area contributed by atoms with E-state index in [2.05, 4.69) is 10.1 Å². The molecule has 2 aromatic heterocycles. The minimum Gasteiger partial charge on any atom is -0.481 e. The number of rotatable bonds is 7. The topological polar surface area (TPSA) is 96.5 Å². The number of aliphatic carboxylic acids is 1. The van der Waals surface area contributed by atoms with Crippen LogP contribution in [-0.4, -0.2) is 45.6 Å². The van der Waals surface area contributed by atoms with Crippen LogP contribution < -0.4 is 0 Å². The lowest BCUT2D eigenvalue weighted by Crippen LogP contribution is -2.29. The molecule has 0 unspecified atom stereocenters. The summed E-state index contributed by atoms with van der Waals surface area (Å²) in [7, 11) is 1.58. The maximum absolute atomic E-state index is 11.8. The van der Waals surface area contributed by atoms with E-state index in [1.54, 1.807) is 7.05 Å². The Hall–Kier alpha value is -2.22. The molecule has 2 aromatic rings. The number of carboxylic acids is 1. The Balaban J connectivity index is 1.83. The highest BCUT2D eigenvalue weighted by Crippen LogP contribution is 2.21. The fraction of sp³-hybridized carbons (Fsp3) is 0.385. The van der Waals surface area contributed by atoms with E-state index in [1.165, 1.54) is 16.2 Å². The van der Waals surface area contributed by atoms with E-state index in [1.807, 2.05) is 17.5 Å². The number of nitrogens with zero attached hydrogens (tertiary/aromatic N) is 3. The fourth-order valence-electron chi connectivity index (χ4n) is 1.66. The molecule has 2 heterocycles. The standard InChI is InChI=1S/C13H15N3O4S/c1-16(7-6-12(18)19)11(17)5-4-10-14-13(15-20-10)9-3-2-8-21-9/h2-3,8H,4-7H2,1H3,(H,18,19). The maximum Gasteiger partial charge on any atom is 0.305 e. The molecule has 7 nitrogen and oxygen atoms in total. The largest absolute Gasteiger partial charge is 0.481 e. The van der Waals surface area contributed by atoms with Crippen LogP contribution in [0, 0.1) is 0 Å². The van der Waals surface area contributed by atoms with Gasteiger partial charge < -0.3 is 14.5 Å². The van der Waals surface area contributed by atoms with Crippen molar-refractivity contribution in [2.24, 2.45) is 0 Å². The molecule has 0 fully saturated rings. The van der Waals surface area contributed by atoms with Crippen LogP contribution >= 0.6 is 11.3 Å². The van der Waals surface area contributed by atoms with Gasteiger partial charge in [-0.2, -0.15) is 4.98 Å². The molecule has 0 saturated carbocycles. The zero-order valence-electron chi connectivity index (χ0n) is 11.5. The maximum atomic E-state index is 11.8. The minimum absolute atomic E-state index is 0.0642. The monoisotopic (exact) mass is 309 g/mol. The average molecular weight is 309 g/mol. The molecule has 0 saturated heterocycles. The number of carboxylic acid groups (broad SMARTS) is 1. The van der Waals surface area contributed by atoms with Gasteiger partial charge in [0.2, 0.25) is 17.6 Å². The molecule has 0 aliphatic rings. The summed E-state index contributed by atoms with van der Waals surface area (Å²) >= 11 is 1.51. The summed E-state index contributed by atoms with van der Waals surface area (Å²) < 4.78 is 5.10. The Labute approximate surface area is 125 Å². The first-order valence-corrected chi connectivity index (χ1v) is 7.26. The zero-order valence-corrected chi connectivity index (χ0v) is 12.3. The highest BCUT2D eigenvalue weighted by Gasteiger charge is 2.14. The van der Waals surface area contributed by atoms with E-state index in [0.29, 0.717) is 18.1 Å². The van der Waals surface area contributed by atoms with Crippen molar-refractivity contribution in [1.29, 1.82) is 0 Å². The van der Waals surface area contributed by atoms with Gasteiger partial charge in [0.05, 0.1) is 11.3 Å². The van der Waals surface area contributed by atoms with E-state index in [4.69, 9.17) is 9.63 Å². The van der Waals surface area contributed by atoms with Gasteiger partial charge in [-0.15, -0.1) is 11.3 Å². The molecule has 1 amide bonds. The van der Waals surface area contributed by atoms with Gasteiger partial charge in [0.15, 0.2) is 0 Å². The van der Waals surface area contributed by atoms with E-state index in [-0.39, 0.29) is 25.3 Å². The minimum atomic E-state index is -0.924. The molecule has 0 aromatic carbocycles. The number of amides is 1. The summed E-state index contributed by atoms with van der Waals surface area (Å²) in [6, 6.07) is 3.79. The van der Waals surface area contributed by atoms with Gasteiger partial charge in [-0.05, 0) is 11.4 Å². The summed E-state index contributed by atoms with van der Waals surface area (Å²) in [4.78, 5) is 28.8. The van der Waals surface area contributed by atoms with Crippen molar-refractivity contribution in [3.63, 3.8) is 0 Å². The fourth-order valence-corrected chi connectivity index (χ4v) is 2.30. The van der Waals surface area contributed by atoms with E-state index >= 15 is 0 Å². The van der Waals surface area contributed by atoms with Crippen molar-refractivity contribution in [2.75, 3.05) is 13.6 Å². The second kappa shape index (κ2) is 6.98. The Kier molecular flexibility index (Phi) is 5.04. The third-order valence-corrected chi connectivity index (χ3v) is 3.72. The molecular weight excluding hydrogens is 294 g/mol. The molecule has 8 heteroatoms. The molecule has 0 spiro atoms. The Bertz CT molecular complexity index is 609. The Morgan fingerprint density at radius 3 is 2.90 bits per heavy atom. The van der Waals surface area contributed by atoms with Crippen LogP contribution in [0.1, 0.15) is 18.7 Å². The summed E-state index contributed by atoms with van der Waals surface area (Å²) in [5.41, 5.74) is 0. The number of aromatic nitrogens is 2. The van der Waals surface area contributed by atoms with Crippen molar-refractivity contribution < 1.29 is 19.2 Å². The first-order chi connectivity index (χ1) is 10.1. The van der Waals surface area contributed by atoms with Crippen molar-refractivity contribution in [2.45, 2.75) is 19.3 Å². The molecule has 0 atom stereocenters. The predicted octanol–water partition coefficient (Wildman–Crippen LogP) is 1.66. The quantitative estimate of drug-likeness (QED) is 0.835. The van der Waals surface area contributed by atoms with Crippen molar-refractivity contribution in [3.8, 4) is 10.7 Å². The van der Waals surface area contributed by atoms with Gasteiger partial charge in [-0.3, -0.25) is 9.59 Å². The lowest BCUT2D eigenvalue weighted by Gasteiger charge is -2.15. The van der Waals surface area contributed by atoms with E-state index in [9.17, 15) is 9.59 Å². The Morgan fingerprint density at radius 2 is 2.24 bits per heavy atom. The zero-order chi connectivity index (χ0) is 15.2. The highest BCUT2D eigenvalue weighted by molar-refractivity contribution is 7.13. The van der Waals surface area contributed by atoms with Gasteiger partial charge in [0.25, 0.3) is 0 Å². The summed E-state index contributed by atoms with van der Waals surface area (Å²) in [5.74, 6) is -0.149. The van der Waals surface area contributed by atoms with E-state index in [0.717, 1.165) is 4.88 Å². The summed E-state index contributed by atoms with van der Waals surface area (Å²) in [5, 5.41) is 14.4. The van der Waals surface area contributed by atoms with Crippen LogP contribution in [0.15, 0.2) is 22.0 Å². The summed E-state index contributed by atoms with van der Waals surface area (Å²) in [6.45, 7) is 0.193. The molecule has 0 radical (unpaired) electrons. The second-order valence-corrected chi connectivity index (χ2v) is 5.40. The number of carbonyl (C=O) groups excluding carboxylic acids is 1. The van der Waals surface area contributed by atoms with Crippen LogP contribution in [0.25, 0.3) is 10.7 Å². The first kappa shape index (κ1) is 15.2. The average Bonchev–Trinajstić information content (AvgIpc) is 3.12. The van der Waals surface area contributed by atoms with Crippen LogP contribution in [0.2, 0.25) is 0 Å². The molecule has 0 bridgehead atoms. The van der Waals surface area contributed by atoms with Gasteiger partial charge in [-0.1, -0.05) is 11.2 Å². The van der Waals surface area contributed by atoms with Gasteiger partial charge in [0, 0.05) is 26.4 Å². The number of carbonyl (C=O) groups is 2. The van der Waals surface area contributed by atoms with Crippen molar-refractivity contribution >= 4 is 23.2 Å². The normalized spacial score (nSPS) is 10.5. The Morgan fingerprint density at radius 1 is 1.43 bits per heavy atom. The molecule has 0 aliphatic heterocycles. The SMILES string of the molecule is CN(CCC(=O)O)C(=O)CCc1nc(-c2cccs2)no1. The van der Waals surface area contributed by atoms with Crippen LogP contribution in [0.5, 0.6) is 0 Å². The van der Waals surface area contributed by atoms with Gasteiger partial charge >= 0.3 is 5.97 Å². The third-order valence-electron chi connectivity index (χ3n) is 2.85. The lowest BCUT2D eigenvalue weighted by molar-refractivity contribution is -0.138. The number of aryl methyl sites for hydroxylation is 1. The number of thiophene rings is 1. The molecule has 112 valence electrons. The predicted molar refractivity (Wildman–Crippen MR) is 75.8 cm³/mol. The number of hydrogen-bond donors (Lipinski definition) is 1. The molecular formula is C13H15N3O4S. The van der Waals surface area contributed by atoms with Crippen LogP contribution in [0.4, 0.5) is 0 Å². The van der Waals surface area contributed by atoms with Gasteiger partial charge in [0.1, 0.15) is 0 Å². The lowest BCUT2D eigenvalue weighted by atomic mass is 10.2. The molecule has 2 rings (SSSR count). The summed E-state index contributed by atoms with van der Waals surface area (Å²) in [6.07, 6.45) is 0.488. The second-order valence-electron chi connectivity index (χ2n) is 4.45. The van der Waals surface area contributed by atoms with Crippen molar-refractivity contribution in [3.05, 3.63) is 23.4 Å². The molecule has 0 aliphatic carbocycles. The molecule has 21 heavy (non-hydrogen) atoms. The van der Waals surface area contributed by atoms with Gasteiger partial charge in [-0.25, -0.2) is 0 Å². The third kappa shape index (κ3) is 4.38. The van der Waals surface area contributed by atoms with E-state index < -0.39 is 5.97 Å². The van der Waals surface area contributed by atoms with Crippen LogP contribution in [0.3, 0.4) is 0 Å².